The molecule has 0 aliphatic carbocycles. The molecule has 1 heterocycles. The molecule has 0 saturated carbocycles. The predicted molar refractivity (Wildman–Crippen MR) is 124 cm³/mol. The molecule has 7 nitrogen and oxygen atoms in total. The van der Waals surface area contributed by atoms with Gasteiger partial charge in [-0.25, -0.2) is 4.79 Å². The topological polar surface area (TPSA) is 71.5 Å². The molecular formula is C24H42N2O5. The largest absolute Gasteiger partial charge is 0.504 e. The van der Waals surface area contributed by atoms with Gasteiger partial charge in [0, 0.05) is 13.1 Å². The molecular weight excluding hydrogens is 396 g/mol. The Hall–Kier alpha value is -1.99. The van der Waals surface area contributed by atoms with Gasteiger partial charge in [-0.2, -0.15) is 0 Å². The number of hydrogen-bond acceptors (Lipinski definition) is 7. The first-order chi connectivity index (χ1) is 15.1. The zero-order chi connectivity index (χ0) is 23.1. The number of likely N-dealkylation sites (N-methyl/N-ethyl adjacent to an activating group) is 1. The molecule has 0 atom stereocenters. The van der Waals surface area contributed by atoms with Crippen molar-refractivity contribution >= 4 is 5.97 Å². The van der Waals surface area contributed by atoms with Crippen LogP contribution < -0.4 is 9.47 Å². The number of phenolic OH excluding ortho intramolecular Hbond substituents is 1. The number of unbranched alkanes of at least 4 members (excludes halogenated alkanes) is 3. The minimum Gasteiger partial charge on any atom is -0.504 e. The van der Waals surface area contributed by atoms with Crippen molar-refractivity contribution in [3.8, 4) is 17.2 Å². The first-order valence-electron chi connectivity index (χ1n) is 11.7. The van der Waals surface area contributed by atoms with Gasteiger partial charge in [0.1, 0.15) is 0 Å². The Morgan fingerprint density at radius 2 is 1.68 bits per heavy atom. The Kier molecular flexibility index (Phi) is 13.7. The van der Waals surface area contributed by atoms with Crippen LogP contribution in [0.2, 0.25) is 0 Å². The van der Waals surface area contributed by atoms with Gasteiger partial charge in [-0.3, -0.25) is 0 Å². The first kappa shape index (κ1) is 27.0. The fourth-order valence-electron chi connectivity index (χ4n) is 3.67. The minimum atomic E-state index is -0.525. The van der Waals surface area contributed by atoms with Crippen molar-refractivity contribution in [1.29, 1.82) is 0 Å². The highest BCUT2D eigenvalue weighted by Crippen LogP contribution is 2.38. The smallest absolute Gasteiger partial charge is 0.338 e. The summed E-state index contributed by atoms with van der Waals surface area (Å²) in [5.74, 6) is -0.0641. The van der Waals surface area contributed by atoms with E-state index in [1.54, 1.807) is 6.07 Å². The third-order valence-corrected chi connectivity index (χ3v) is 5.42. The maximum atomic E-state index is 11.7. The fraction of sp³-hybridized carbons (Fsp3) is 0.708. The van der Waals surface area contributed by atoms with Crippen LogP contribution in [0.1, 0.15) is 63.2 Å². The Bertz CT molecular complexity index is 639. The van der Waals surface area contributed by atoms with Crippen LogP contribution >= 0.6 is 0 Å². The summed E-state index contributed by atoms with van der Waals surface area (Å²) in [4.78, 5) is 16.8. The van der Waals surface area contributed by atoms with Gasteiger partial charge >= 0.3 is 5.97 Å². The van der Waals surface area contributed by atoms with Gasteiger partial charge in [0.25, 0.3) is 0 Å². The monoisotopic (exact) mass is 438 g/mol. The molecule has 0 aromatic heterocycles. The maximum absolute atomic E-state index is 11.7. The van der Waals surface area contributed by atoms with E-state index in [4.69, 9.17) is 14.2 Å². The highest BCUT2D eigenvalue weighted by atomic mass is 16.5. The van der Waals surface area contributed by atoms with Crippen molar-refractivity contribution in [2.75, 3.05) is 60.1 Å². The summed E-state index contributed by atoms with van der Waals surface area (Å²) in [6.07, 6.45) is 5.63. The fourth-order valence-corrected chi connectivity index (χ4v) is 3.67. The molecule has 0 unspecified atom stereocenters. The number of benzene rings is 1. The molecule has 178 valence electrons. The maximum Gasteiger partial charge on any atom is 0.338 e. The number of rotatable bonds is 11. The Balaban J connectivity index is 0.00000233. The van der Waals surface area contributed by atoms with Crippen molar-refractivity contribution in [3.63, 3.8) is 0 Å². The first-order valence-corrected chi connectivity index (χ1v) is 11.7. The molecule has 0 radical (unpaired) electrons. The number of phenols is 1. The zero-order valence-electron chi connectivity index (χ0n) is 20.1. The molecule has 1 aromatic carbocycles. The van der Waals surface area contributed by atoms with Crippen molar-refractivity contribution in [3.05, 3.63) is 17.7 Å². The van der Waals surface area contributed by atoms with Crippen LogP contribution in [0.4, 0.5) is 0 Å². The third kappa shape index (κ3) is 9.35. The average Bonchev–Trinajstić information content (AvgIpc) is 3.04. The summed E-state index contributed by atoms with van der Waals surface area (Å²) >= 11 is 0. The predicted octanol–water partition coefficient (Wildman–Crippen LogP) is 4.18. The highest BCUT2D eigenvalue weighted by molar-refractivity contribution is 5.91. The SMILES string of the molecule is CC.CCN1CCCN(CCCCCCOc2cc(C(=O)OC)cc(O)c2OC)CC1. The van der Waals surface area contributed by atoms with Crippen molar-refractivity contribution in [2.45, 2.75) is 52.9 Å². The standard InChI is InChI=1S/C22H36N2O5.C2H6/c1-4-23-11-9-12-24(14-13-23)10-7-5-6-8-15-29-20-17-18(22(26)28-3)16-19(25)21(20)27-2;1-2/h16-17,25H,4-15H2,1-3H3;1-2H3. The van der Waals surface area contributed by atoms with Gasteiger partial charge < -0.3 is 29.1 Å². The lowest BCUT2D eigenvalue weighted by molar-refractivity contribution is 0.0599. The molecule has 31 heavy (non-hydrogen) atoms. The number of aromatic hydroxyl groups is 1. The molecule has 1 saturated heterocycles. The number of carbonyl (C=O) groups excluding carboxylic acids is 1. The molecule has 0 spiro atoms. The van der Waals surface area contributed by atoms with E-state index in [-0.39, 0.29) is 17.1 Å². The Labute approximate surface area is 188 Å². The summed E-state index contributed by atoms with van der Waals surface area (Å²) in [6, 6.07) is 2.86. The van der Waals surface area contributed by atoms with Crippen LogP contribution in [0.3, 0.4) is 0 Å². The van der Waals surface area contributed by atoms with E-state index in [2.05, 4.69) is 16.7 Å². The van der Waals surface area contributed by atoms with Crippen LogP contribution in [-0.4, -0.2) is 81.0 Å². The Morgan fingerprint density at radius 1 is 1.00 bits per heavy atom. The third-order valence-electron chi connectivity index (χ3n) is 5.42. The van der Waals surface area contributed by atoms with Crippen LogP contribution in [-0.2, 0) is 4.74 Å². The molecule has 1 aromatic rings. The molecule has 1 N–H and O–H groups in total. The summed E-state index contributed by atoms with van der Waals surface area (Å²) in [5.41, 5.74) is 0.236. The Morgan fingerprint density at radius 3 is 2.35 bits per heavy atom. The van der Waals surface area contributed by atoms with Crippen molar-refractivity contribution < 1.29 is 24.1 Å². The number of esters is 1. The lowest BCUT2D eigenvalue weighted by atomic mass is 10.1. The van der Waals surface area contributed by atoms with Gasteiger partial charge in [-0.1, -0.05) is 33.6 Å². The van der Waals surface area contributed by atoms with Crippen LogP contribution in [0.15, 0.2) is 12.1 Å². The van der Waals surface area contributed by atoms with E-state index in [1.807, 2.05) is 13.8 Å². The van der Waals surface area contributed by atoms with Crippen LogP contribution in [0.5, 0.6) is 17.2 Å². The number of nitrogens with zero attached hydrogens (tertiary/aromatic N) is 2. The summed E-state index contributed by atoms with van der Waals surface area (Å²) in [6.45, 7) is 13.9. The minimum absolute atomic E-state index is 0.135. The van der Waals surface area contributed by atoms with Crippen molar-refractivity contribution in [2.24, 2.45) is 0 Å². The van der Waals surface area contributed by atoms with Gasteiger partial charge in [-0.05, 0) is 57.6 Å². The normalized spacial score (nSPS) is 14.9. The lowest BCUT2D eigenvalue weighted by Gasteiger charge is -2.20. The van der Waals surface area contributed by atoms with Crippen LogP contribution in [0.25, 0.3) is 0 Å². The number of ether oxygens (including phenoxy) is 3. The molecule has 7 heteroatoms. The second-order valence-corrected chi connectivity index (χ2v) is 7.41. The zero-order valence-corrected chi connectivity index (χ0v) is 20.1. The van der Waals surface area contributed by atoms with E-state index >= 15 is 0 Å². The summed E-state index contributed by atoms with van der Waals surface area (Å²) in [5, 5.41) is 10.0. The van der Waals surface area contributed by atoms with Crippen molar-refractivity contribution in [1.82, 2.24) is 9.80 Å². The van der Waals surface area contributed by atoms with Gasteiger partial charge in [0.15, 0.2) is 11.5 Å². The second kappa shape index (κ2) is 15.8. The highest BCUT2D eigenvalue weighted by Gasteiger charge is 2.17. The van der Waals surface area contributed by atoms with E-state index < -0.39 is 5.97 Å². The van der Waals surface area contributed by atoms with E-state index in [1.165, 1.54) is 72.3 Å². The quantitative estimate of drug-likeness (QED) is 0.410. The molecule has 0 amide bonds. The van der Waals surface area contributed by atoms with Gasteiger partial charge in [0.05, 0.1) is 26.4 Å². The number of methoxy groups -OCH3 is 2. The average molecular weight is 439 g/mol. The molecule has 0 bridgehead atoms. The van der Waals surface area contributed by atoms with Crippen LogP contribution in [0, 0.1) is 0 Å². The summed E-state index contributed by atoms with van der Waals surface area (Å²) in [7, 11) is 2.76. The van der Waals surface area contributed by atoms with Gasteiger partial charge in [-0.15, -0.1) is 0 Å². The number of carbonyl (C=O) groups is 1. The summed E-state index contributed by atoms with van der Waals surface area (Å²) < 4.78 is 15.7. The van der Waals surface area contributed by atoms with E-state index in [0.29, 0.717) is 12.4 Å². The number of hydrogen-bond donors (Lipinski definition) is 1. The van der Waals surface area contributed by atoms with E-state index in [9.17, 15) is 9.90 Å². The van der Waals surface area contributed by atoms with Gasteiger partial charge in [0.2, 0.25) is 5.75 Å². The second-order valence-electron chi connectivity index (χ2n) is 7.41. The molecule has 1 aliphatic heterocycles. The lowest BCUT2D eigenvalue weighted by Crippen LogP contribution is -2.31. The molecule has 1 fully saturated rings. The van der Waals surface area contributed by atoms with E-state index in [0.717, 1.165) is 19.4 Å². The molecule has 2 rings (SSSR count). The molecule has 1 aliphatic rings.